The third-order valence-electron chi connectivity index (χ3n) is 1.93. The molecule has 3 nitrogen and oxygen atoms in total. The third-order valence-corrected chi connectivity index (χ3v) is 2.54. The van der Waals surface area contributed by atoms with E-state index in [2.05, 4.69) is 20.9 Å². The zero-order valence-electron chi connectivity index (χ0n) is 7.71. The number of nitrogens with two attached hydrogens (primary N) is 1. The van der Waals surface area contributed by atoms with Gasteiger partial charge in [-0.15, -0.1) is 0 Å². The number of nitrogens with zero attached hydrogens (tertiary/aromatic N) is 1. The van der Waals surface area contributed by atoms with Crippen molar-refractivity contribution in [2.24, 2.45) is 5.73 Å². The first-order chi connectivity index (χ1) is 7.20. The first-order valence-corrected chi connectivity index (χ1v) is 5.10. The minimum atomic E-state index is -0.315. The summed E-state index contributed by atoms with van der Waals surface area (Å²) in [6, 6.07) is 4.57. The molecule has 0 fully saturated rings. The van der Waals surface area contributed by atoms with E-state index < -0.39 is 0 Å². The van der Waals surface area contributed by atoms with Gasteiger partial charge in [0.1, 0.15) is 12.1 Å². The molecule has 0 bridgehead atoms. The van der Waals surface area contributed by atoms with Crippen LogP contribution in [0.2, 0.25) is 0 Å². The number of aromatic nitrogens is 1. The monoisotopic (exact) mass is 270 g/mol. The molecule has 78 valence electrons. The molecule has 1 heterocycles. The maximum atomic E-state index is 13.0. The number of hydrogen-bond acceptors (Lipinski definition) is 3. The van der Waals surface area contributed by atoms with Gasteiger partial charge in [0.15, 0.2) is 0 Å². The number of hydrogen-bond donors (Lipinski definition) is 1. The predicted octanol–water partition coefficient (Wildman–Crippen LogP) is 2.70. The van der Waals surface area contributed by atoms with Crippen molar-refractivity contribution in [1.82, 2.24) is 4.98 Å². The van der Waals surface area contributed by atoms with Crippen molar-refractivity contribution in [2.75, 3.05) is 0 Å². The van der Waals surface area contributed by atoms with Crippen LogP contribution in [0.1, 0.15) is 5.69 Å². The predicted molar refractivity (Wildman–Crippen MR) is 57.5 cm³/mol. The lowest BCUT2D eigenvalue weighted by Gasteiger charge is -1.97. The Balaban J connectivity index is 2.40. The molecule has 0 saturated carbocycles. The molecule has 0 amide bonds. The average Bonchev–Trinajstić information content (AvgIpc) is 2.70. The van der Waals surface area contributed by atoms with Crippen LogP contribution in [-0.4, -0.2) is 4.98 Å². The Kier molecular flexibility index (Phi) is 2.83. The van der Waals surface area contributed by atoms with Crippen LogP contribution in [0.3, 0.4) is 0 Å². The van der Waals surface area contributed by atoms with Gasteiger partial charge in [-0.2, -0.15) is 0 Å². The number of halogens is 2. The van der Waals surface area contributed by atoms with Crippen molar-refractivity contribution in [3.8, 4) is 11.5 Å². The molecule has 0 spiro atoms. The van der Waals surface area contributed by atoms with E-state index in [-0.39, 0.29) is 5.82 Å². The minimum absolute atomic E-state index is 0.315. The van der Waals surface area contributed by atoms with Gasteiger partial charge in [-0.3, -0.25) is 0 Å². The maximum absolute atomic E-state index is 13.0. The molecule has 2 N–H and O–H groups in total. The van der Waals surface area contributed by atoms with E-state index in [1.165, 1.54) is 12.3 Å². The van der Waals surface area contributed by atoms with Crippen molar-refractivity contribution in [3.05, 3.63) is 40.4 Å². The molecular formula is C10H8BrFN2O. The molecule has 2 rings (SSSR count). The average molecular weight is 271 g/mol. The molecule has 0 radical (unpaired) electrons. The fourth-order valence-corrected chi connectivity index (χ4v) is 1.54. The molecular weight excluding hydrogens is 263 g/mol. The van der Waals surface area contributed by atoms with Crippen molar-refractivity contribution in [1.29, 1.82) is 0 Å². The number of rotatable bonds is 2. The molecule has 5 heteroatoms. The third kappa shape index (κ3) is 2.08. The molecule has 2 aromatic rings. The van der Waals surface area contributed by atoms with Crippen LogP contribution in [0.4, 0.5) is 4.39 Å². The van der Waals surface area contributed by atoms with Crippen LogP contribution in [0.5, 0.6) is 0 Å². The summed E-state index contributed by atoms with van der Waals surface area (Å²) in [6.07, 6.45) is 1.49. The number of benzene rings is 1. The summed E-state index contributed by atoms with van der Waals surface area (Å²) in [7, 11) is 0. The highest BCUT2D eigenvalue weighted by atomic mass is 79.9. The number of oxazole rings is 1. The van der Waals surface area contributed by atoms with Gasteiger partial charge in [0, 0.05) is 12.1 Å². The summed E-state index contributed by atoms with van der Waals surface area (Å²) < 4.78 is 18.6. The minimum Gasteiger partial charge on any atom is -0.444 e. The first-order valence-electron chi connectivity index (χ1n) is 4.30. The highest BCUT2D eigenvalue weighted by Crippen LogP contribution is 2.24. The maximum Gasteiger partial charge on any atom is 0.226 e. The summed E-state index contributed by atoms with van der Waals surface area (Å²) >= 11 is 3.10. The Bertz CT molecular complexity index is 484. The van der Waals surface area contributed by atoms with Gasteiger partial charge in [0.25, 0.3) is 0 Å². The van der Waals surface area contributed by atoms with Crippen molar-refractivity contribution >= 4 is 15.9 Å². The second-order valence-electron chi connectivity index (χ2n) is 2.98. The molecule has 1 aromatic carbocycles. The summed E-state index contributed by atoms with van der Waals surface area (Å²) in [6.45, 7) is 0.325. The Morgan fingerprint density at radius 3 is 2.87 bits per heavy atom. The summed E-state index contributed by atoms with van der Waals surface area (Å²) in [5, 5.41) is 0. The van der Waals surface area contributed by atoms with Gasteiger partial charge in [-0.1, -0.05) is 0 Å². The van der Waals surface area contributed by atoms with Crippen molar-refractivity contribution in [2.45, 2.75) is 6.54 Å². The van der Waals surface area contributed by atoms with Gasteiger partial charge < -0.3 is 10.2 Å². The normalized spacial score (nSPS) is 10.6. The zero-order valence-corrected chi connectivity index (χ0v) is 9.29. The second-order valence-corrected chi connectivity index (χ2v) is 3.83. The summed E-state index contributed by atoms with van der Waals surface area (Å²) in [5.74, 6) is 0.125. The molecule has 0 saturated heterocycles. The van der Waals surface area contributed by atoms with Gasteiger partial charge in [-0.05, 0) is 34.1 Å². The van der Waals surface area contributed by atoms with Gasteiger partial charge in [0.05, 0.1) is 10.2 Å². The topological polar surface area (TPSA) is 52.0 Å². The van der Waals surface area contributed by atoms with Gasteiger partial charge in [-0.25, -0.2) is 9.37 Å². The van der Waals surface area contributed by atoms with Gasteiger partial charge in [0.2, 0.25) is 5.89 Å². The van der Waals surface area contributed by atoms with Crippen LogP contribution < -0.4 is 5.73 Å². The lowest BCUT2D eigenvalue weighted by molar-refractivity contribution is 0.572. The largest absolute Gasteiger partial charge is 0.444 e. The van der Waals surface area contributed by atoms with Crippen LogP contribution in [0.25, 0.3) is 11.5 Å². The standard InChI is InChI=1S/C10H8BrFN2O/c11-8-3-6(1-2-9(8)12)10-14-7(4-13)5-15-10/h1-3,5H,4,13H2. The highest BCUT2D eigenvalue weighted by Gasteiger charge is 2.08. The molecule has 0 atom stereocenters. The van der Waals surface area contributed by atoms with E-state index in [1.807, 2.05) is 0 Å². The molecule has 0 unspecified atom stereocenters. The molecule has 15 heavy (non-hydrogen) atoms. The van der Waals surface area contributed by atoms with E-state index in [0.29, 0.717) is 28.2 Å². The summed E-state index contributed by atoms with van der Waals surface area (Å²) in [5.41, 5.74) is 6.79. The molecule has 1 aromatic heterocycles. The van der Waals surface area contributed by atoms with Crippen molar-refractivity contribution < 1.29 is 8.81 Å². The van der Waals surface area contributed by atoms with E-state index in [1.54, 1.807) is 12.1 Å². The van der Waals surface area contributed by atoms with E-state index in [0.717, 1.165) is 0 Å². The Hall–Kier alpha value is -1.20. The van der Waals surface area contributed by atoms with E-state index >= 15 is 0 Å². The van der Waals surface area contributed by atoms with Crippen LogP contribution in [0.15, 0.2) is 33.4 Å². The Morgan fingerprint density at radius 2 is 2.27 bits per heavy atom. The Morgan fingerprint density at radius 1 is 1.47 bits per heavy atom. The lowest BCUT2D eigenvalue weighted by atomic mass is 10.2. The van der Waals surface area contributed by atoms with E-state index in [9.17, 15) is 4.39 Å². The lowest BCUT2D eigenvalue weighted by Crippen LogP contribution is -1.95. The fraction of sp³-hybridized carbons (Fsp3) is 0.100. The van der Waals surface area contributed by atoms with Crippen LogP contribution in [-0.2, 0) is 6.54 Å². The molecule has 0 aliphatic heterocycles. The first kappa shape index (κ1) is 10.3. The molecule has 0 aliphatic rings. The second kappa shape index (κ2) is 4.12. The fourth-order valence-electron chi connectivity index (χ4n) is 1.16. The van der Waals surface area contributed by atoms with Crippen molar-refractivity contribution in [3.63, 3.8) is 0 Å². The molecule has 0 aliphatic carbocycles. The van der Waals surface area contributed by atoms with Crippen LogP contribution in [0, 0.1) is 5.82 Å². The van der Waals surface area contributed by atoms with Gasteiger partial charge >= 0.3 is 0 Å². The Labute approximate surface area is 94.2 Å². The smallest absolute Gasteiger partial charge is 0.226 e. The van der Waals surface area contributed by atoms with Crippen LogP contribution >= 0.6 is 15.9 Å². The highest BCUT2D eigenvalue weighted by molar-refractivity contribution is 9.10. The summed E-state index contributed by atoms with van der Waals surface area (Å²) in [4.78, 5) is 4.13. The SMILES string of the molecule is NCc1coc(-c2ccc(F)c(Br)c2)n1. The quantitative estimate of drug-likeness (QED) is 0.913. The van der Waals surface area contributed by atoms with E-state index in [4.69, 9.17) is 10.2 Å². The zero-order chi connectivity index (χ0) is 10.8.